The lowest BCUT2D eigenvalue weighted by molar-refractivity contribution is 0.0931. The number of aliphatic hydroxyl groups excluding tert-OH is 2. The van der Waals surface area contributed by atoms with Crippen LogP contribution in [0.3, 0.4) is 0 Å². The number of imidazole rings is 1. The fourth-order valence-electron chi connectivity index (χ4n) is 4.12. The van der Waals surface area contributed by atoms with Crippen molar-refractivity contribution in [2.24, 2.45) is 7.05 Å². The largest absolute Gasteiger partial charge is 0.491 e. The van der Waals surface area contributed by atoms with Gasteiger partial charge in [0.25, 0.3) is 5.56 Å². The number of nitrogens with one attached hydrogen (secondary N) is 1. The zero-order chi connectivity index (χ0) is 23.5. The van der Waals surface area contributed by atoms with Crippen LogP contribution in [0, 0.1) is 6.92 Å². The molecule has 0 amide bonds. The fourth-order valence-corrected chi connectivity index (χ4v) is 4.12. The highest BCUT2D eigenvalue weighted by atomic mass is 16.5. The number of ether oxygens (including phenoxy) is 1. The molecule has 3 aromatic rings. The molecule has 1 saturated heterocycles. The first kappa shape index (κ1) is 23.0. The summed E-state index contributed by atoms with van der Waals surface area (Å²) in [4.78, 5) is 36.0. The Morgan fingerprint density at radius 1 is 1.18 bits per heavy atom. The van der Waals surface area contributed by atoms with Gasteiger partial charge in [0.1, 0.15) is 18.5 Å². The molecule has 0 spiro atoms. The van der Waals surface area contributed by atoms with E-state index in [2.05, 4.69) is 14.9 Å². The molecule has 0 bridgehead atoms. The highest BCUT2D eigenvalue weighted by Gasteiger charge is 2.26. The molecule has 1 aromatic carbocycles. The number of nitrogens with zero attached hydrogens (tertiary/aromatic N) is 5. The average Bonchev–Trinajstić information content (AvgIpc) is 3.17. The molecule has 3 N–H and O–H groups in total. The van der Waals surface area contributed by atoms with Crippen molar-refractivity contribution in [1.82, 2.24) is 24.0 Å². The standard InChI is InChI=1S/C22H30N6O5/c1-15-5-3-4-6-17(15)33-14-16(30)13-28-18-19(25(2)22(32)24-20(18)31)23-21(28)27-9-7-26(8-10-27)11-12-29/h3-6,16,29-30H,7-14H2,1-2H3,(H,24,31,32)/t16-/m1/s1. The molecule has 178 valence electrons. The van der Waals surface area contributed by atoms with Crippen LogP contribution in [0.5, 0.6) is 5.75 Å². The van der Waals surface area contributed by atoms with E-state index in [-0.39, 0.29) is 30.9 Å². The van der Waals surface area contributed by atoms with Crippen LogP contribution < -0.4 is 20.9 Å². The second-order valence-corrected chi connectivity index (χ2v) is 8.30. The number of fused-ring (bicyclic) bond motifs is 1. The van der Waals surface area contributed by atoms with Crippen molar-refractivity contribution in [3.8, 4) is 5.75 Å². The third kappa shape index (κ3) is 4.80. The molecule has 11 heteroatoms. The number of β-amino-alcohol motifs (C(OH)–C–C–N with tert-alkyl or cyclic N) is 1. The summed E-state index contributed by atoms with van der Waals surface area (Å²) < 4.78 is 8.76. The summed E-state index contributed by atoms with van der Waals surface area (Å²) in [5.41, 5.74) is 0.381. The van der Waals surface area contributed by atoms with Crippen LogP contribution in [0.1, 0.15) is 5.56 Å². The van der Waals surface area contributed by atoms with E-state index < -0.39 is 17.4 Å². The lowest BCUT2D eigenvalue weighted by Gasteiger charge is -2.35. The molecular weight excluding hydrogens is 428 g/mol. The van der Waals surface area contributed by atoms with Gasteiger partial charge in [0.05, 0.1) is 13.2 Å². The van der Waals surface area contributed by atoms with Crippen LogP contribution in [-0.2, 0) is 13.6 Å². The van der Waals surface area contributed by atoms with E-state index in [4.69, 9.17) is 4.74 Å². The van der Waals surface area contributed by atoms with E-state index in [0.29, 0.717) is 31.3 Å². The second-order valence-electron chi connectivity index (χ2n) is 8.30. The first-order valence-corrected chi connectivity index (χ1v) is 11.0. The minimum absolute atomic E-state index is 0.0396. The number of aryl methyl sites for hydroxylation is 2. The maximum Gasteiger partial charge on any atom is 0.329 e. The van der Waals surface area contributed by atoms with Gasteiger partial charge in [-0.25, -0.2) is 4.79 Å². The van der Waals surface area contributed by atoms with Crippen molar-refractivity contribution in [1.29, 1.82) is 0 Å². The Balaban J connectivity index is 1.63. The van der Waals surface area contributed by atoms with Crippen LogP contribution >= 0.6 is 0 Å². The van der Waals surface area contributed by atoms with Gasteiger partial charge in [-0.05, 0) is 18.6 Å². The molecule has 1 atom stereocenters. The SMILES string of the molecule is Cc1ccccc1OC[C@H](O)Cn1c(N2CCN(CCO)CC2)nc2c1c(=O)[nH]c(=O)n2C. The molecule has 1 fully saturated rings. The Hall–Kier alpha value is -3.15. The minimum atomic E-state index is -0.909. The van der Waals surface area contributed by atoms with Crippen molar-refractivity contribution >= 4 is 17.1 Å². The molecule has 11 nitrogen and oxygen atoms in total. The highest BCUT2D eigenvalue weighted by molar-refractivity contribution is 5.74. The van der Waals surface area contributed by atoms with Gasteiger partial charge in [0, 0.05) is 39.8 Å². The van der Waals surface area contributed by atoms with Crippen molar-refractivity contribution in [2.75, 3.05) is 50.8 Å². The van der Waals surface area contributed by atoms with E-state index in [9.17, 15) is 19.8 Å². The van der Waals surface area contributed by atoms with Gasteiger partial charge < -0.3 is 24.4 Å². The van der Waals surface area contributed by atoms with E-state index in [0.717, 1.165) is 18.7 Å². The van der Waals surface area contributed by atoms with Crippen LogP contribution in [0.25, 0.3) is 11.2 Å². The monoisotopic (exact) mass is 458 g/mol. The van der Waals surface area contributed by atoms with Gasteiger partial charge in [0.2, 0.25) is 5.95 Å². The van der Waals surface area contributed by atoms with Crippen LogP contribution in [0.4, 0.5) is 5.95 Å². The molecule has 0 radical (unpaired) electrons. The Labute approximate surface area is 190 Å². The van der Waals surface area contributed by atoms with Gasteiger partial charge in [-0.15, -0.1) is 0 Å². The third-order valence-corrected chi connectivity index (χ3v) is 5.98. The topological polar surface area (TPSA) is 129 Å². The molecule has 1 aliphatic heterocycles. The Bertz CT molecular complexity index is 1220. The van der Waals surface area contributed by atoms with Crippen molar-refractivity contribution in [3.63, 3.8) is 0 Å². The van der Waals surface area contributed by atoms with Gasteiger partial charge >= 0.3 is 5.69 Å². The number of para-hydroxylation sites is 1. The summed E-state index contributed by atoms with van der Waals surface area (Å²) in [7, 11) is 1.55. The summed E-state index contributed by atoms with van der Waals surface area (Å²) in [6.07, 6.45) is -0.909. The van der Waals surface area contributed by atoms with Crippen LogP contribution in [0.15, 0.2) is 33.9 Å². The predicted octanol–water partition coefficient (Wildman–Crippen LogP) is -0.714. The predicted molar refractivity (Wildman–Crippen MR) is 124 cm³/mol. The van der Waals surface area contributed by atoms with Gasteiger partial charge in [0.15, 0.2) is 11.2 Å². The Morgan fingerprint density at radius 3 is 2.61 bits per heavy atom. The van der Waals surface area contributed by atoms with Crippen molar-refractivity contribution < 1.29 is 14.9 Å². The molecular formula is C22H30N6O5. The maximum atomic E-state index is 12.7. The van der Waals surface area contributed by atoms with Gasteiger partial charge in [-0.3, -0.25) is 19.2 Å². The molecule has 0 saturated carbocycles. The normalized spacial score (nSPS) is 15.8. The zero-order valence-electron chi connectivity index (χ0n) is 18.9. The van der Waals surface area contributed by atoms with Crippen molar-refractivity contribution in [3.05, 3.63) is 50.7 Å². The van der Waals surface area contributed by atoms with E-state index in [1.165, 1.54) is 4.57 Å². The summed E-state index contributed by atoms with van der Waals surface area (Å²) in [5, 5.41) is 20.0. The maximum absolute atomic E-state index is 12.7. The lowest BCUT2D eigenvalue weighted by atomic mass is 10.2. The number of benzene rings is 1. The van der Waals surface area contributed by atoms with Crippen molar-refractivity contribution in [2.45, 2.75) is 19.6 Å². The van der Waals surface area contributed by atoms with Gasteiger partial charge in [-0.2, -0.15) is 4.98 Å². The zero-order valence-corrected chi connectivity index (χ0v) is 18.9. The number of hydrogen-bond acceptors (Lipinski definition) is 8. The molecule has 0 aliphatic carbocycles. The summed E-state index contributed by atoms with van der Waals surface area (Å²) in [6.45, 7) is 5.51. The Kier molecular flexibility index (Phi) is 6.82. The van der Waals surface area contributed by atoms with Gasteiger partial charge in [-0.1, -0.05) is 18.2 Å². The smallest absolute Gasteiger partial charge is 0.329 e. The first-order valence-electron chi connectivity index (χ1n) is 11.0. The number of anilines is 1. The quantitative estimate of drug-likeness (QED) is 0.404. The molecule has 2 aromatic heterocycles. The number of aromatic amines is 1. The average molecular weight is 459 g/mol. The molecule has 0 unspecified atom stereocenters. The molecule has 3 heterocycles. The van der Waals surface area contributed by atoms with E-state index in [1.807, 2.05) is 36.1 Å². The molecule has 1 aliphatic rings. The number of rotatable bonds is 8. The van der Waals surface area contributed by atoms with E-state index >= 15 is 0 Å². The summed E-state index contributed by atoms with van der Waals surface area (Å²) >= 11 is 0. The van der Waals surface area contributed by atoms with Crippen LogP contribution in [0.2, 0.25) is 0 Å². The lowest BCUT2D eigenvalue weighted by Crippen LogP contribution is -2.48. The summed E-state index contributed by atoms with van der Waals surface area (Å²) in [5.74, 6) is 1.21. The minimum Gasteiger partial charge on any atom is -0.491 e. The molecule has 33 heavy (non-hydrogen) atoms. The van der Waals surface area contributed by atoms with Crippen LogP contribution in [-0.4, -0.2) is 86.3 Å². The number of piperazine rings is 1. The second kappa shape index (κ2) is 9.77. The first-order chi connectivity index (χ1) is 15.9. The number of hydrogen-bond donors (Lipinski definition) is 3. The highest BCUT2D eigenvalue weighted by Crippen LogP contribution is 2.22. The number of H-pyrrole nitrogens is 1. The summed E-state index contributed by atoms with van der Waals surface area (Å²) in [6, 6.07) is 7.55. The number of aromatic nitrogens is 4. The Morgan fingerprint density at radius 2 is 1.91 bits per heavy atom. The fraction of sp³-hybridized carbons (Fsp3) is 0.500. The number of aliphatic hydroxyl groups is 2. The molecule has 4 rings (SSSR count). The van der Waals surface area contributed by atoms with E-state index in [1.54, 1.807) is 11.6 Å². The third-order valence-electron chi connectivity index (χ3n) is 5.98.